The average Bonchev–Trinajstić information content (AvgIpc) is 2.97. The standard InChI is InChI=1S/C18H19FN2O2S/c19-17-8-6-15(7-9-17)14-24(22,23)20-11-3-12-21-13-10-16-4-1-2-5-18(16)21/h1-2,4-10,13,20H,3,11-12,14H2. The third kappa shape index (κ3) is 4.21. The van der Waals surface area contributed by atoms with Crippen molar-refractivity contribution in [3.63, 3.8) is 0 Å². The van der Waals surface area contributed by atoms with E-state index in [1.165, 1.54) is 29.7 Å². The number of rotatable bonds is 7. The Balaban J connectivity index is 1.51. The highest BCUT2D eigenvalue weighted by atomic mass is 32.2. The molecule has 3 aromatic rings. The van der Waals surface area contributed by atoms with Crippen molar-refractivity contribution in [2.75, 3.05) is 6.54 Å². The fourth-order valence-corrected chi connectivity index (χ4v) is 3.85. The van der Waals surface area contributed by atoms with Crippen LogP contribution < -0.4 is 4.72 Å². The van der Waals surface area contributed by atoms with E-state index in [1.54, 1.807) is 0 Å². The van der Waals surface area contributed by atoms with Crippen molar-refractivity contribution in [2.24, 2.45) is 0 Å². The molecule has 126 valence electrons. The molecule has 2 aromatic carbocycles. The van der Waals surface area contributed by atoms with Gasteiger partial charge in [-0.2, -0.15) is 0 Å². The zero-order valence-corrected chi connectivity index (χ0v) is 14.0. The van der Waals surface area contributed by atoms with E-state index in [1.807, 2.05) is 30.5 Å². The Kier molecular flexibility index (Phi) is 4.97. The van der Waals surface area contributed by atoms with Gasteiger partial charge in [-0.05, 0) is 41.6 Å². The van der Waals surface area contributed by atoms with Crippen molar-refractivity contribution in [1.82, 2.24) is 9.29 Å². The van der Waals surface area contributed by atoms with Gasteiger partial charge in [0.25, 0.3) is 0 Å². The van der Waals surface area contributed by atoms with Crippen molar-refractivity contribution < 1.29 is 12.8 Å². The number of fused-ring (bicyclic) bond motifs is 1. The van der Waals surface area contributed by atoms with E-state index in [2.05, 4.69) is 15.4 Å². The number of nitrogens with one attached hydrogen (secondary N) is 1. The summed E-state index contributed by atoms with van der Waals surface area (Å²) in [4.78, 5) is 0. The first-order valence-corrected chi connectivity index (χ1v) is 9.44. The second-order valence-corrected chi connectivity index (χ2v) is 7.51. The van der Waals surface area contributed by atoms with E-state index < -0.39 is 10.0 Å². The van der Waals surface area contributed by atoms with Crippen LogP contribution in [0.3, 0.4) is 0 Å². The average molecular weight is 346 g/mol. The van der Waals surface area contributed by atoms with E-state index >= 15 is 0 Å². The zero-order valence-electron chi connectivity index (χ0n) is 13.2. The largest absolute Gasteiger partial charge is 0.347 e. The van der Waals surface area contributed by atoms with Crippen LogP contribution in [0.5, 0.6) is 0 Å². The molecule has 1 aromatic heterocycles. The number of aromatic nitrogens is 1. The van der Waals surface area contributed by atoms with Crippen molar-refractivity contribution in [3.8, 4) is 0 Å². The smallest absolute Gasteiger partial charge is 0.215 e. The Hall–Kier alpha value is -2.18. The van der Waals surface area contributed by atoms with Gasteiger partial charge >= 0.3 is 0 Å². The molecule has 0 aliphatic carbocycles. The van der Waals surface area contributed by atoms with Crippen LogP contribution in [0.25, 0.3) is 10.9 Å². The molecule has 3 rings (SSSR count). The molecule has 0 bridgehead atoms. The lowest BCUT2D eigenvalue weighted by atomic mass is 10.2. The van der Waals surface area contributed by atoms with Gasteiger partial charge in [-0.1, -0.05) is 30.3 Å². The van der Waals surface area contributed by atoms with Crippen LogP contribution in [0.4, 0.5) is 4.39 Å². The first-order valence-electron chi connectivity index (χ1n) is 7.79. The molecule has 4 nitrogen and oxygen atoms in total. The van der Waals surface area contributed by atoms with E-state index in [0.29, 0.717) is 18.5 Å². The Morgan fingerprint density at radius 2 is 1.75 bits per heavy atom. The molecule has 1 heterocycles. The molecule has 0 atom stereocenters. The Bertz CT molecular complexity index is 918. The molecule has 0 aliphatic heterocycles. The summed E-state index contributed by atoms with van der Waals surface area (Å²) < 4.78 is 41.7. The molecule has 0 fully saturated rings. The monoisotopic (exact) mass is 346 g/mol. The van der Waals surface area contributed by atoms with Crippen LogP contribution in [-0.2, 0) is 22.3 Å². The number of nitrogens with zero attached hydrogens (tertiary/aromatic N) is 1. The summed E-state index contributed by atoms with van der Waals surface area (Å²) in [5.74, 6) is -0.511. The first kappa shape index (κ1) is 16.7. The second kappa shape index (κ2) is 7.15. The molecule has 0 saturated heterocycles. The molecule has 0 radical (unpaired) electrons. The number of aryl methyl sites for hydroxylation is 1. The minimum absolute atomic E-state index is 0.139. The Morgan fingerprint density at radius 1 is 1.00 bits per heavy atom. The van der Waals surface area contributed by atoms with Crippen LogP contribution >= 0.6 is 0 Å². The normalized spacial score (nSPS) is 11.9. The number of benzene rings is 2. The summed E-state index contributed by atoms with van der Waals surface area (Å²) in [6.07, 6.45) is 2.71. The highest BCUT2D eigenvalue weighted by molar-refractivity contribution is 7.88. The van der Waals surface area contributed by atoms with Crippen LogP contribution in [0.2, 0.25) is 0 Å². The molecular formula is C18H19FN2O2S. The van der Waals surface area contributed by atoms with Crippen LogP contribution in [0.1, 0.15) is 12.0 Å². The minimum atomic E-state index is -3.41. The van der Waals surface area contributed by atoms with Gasteiger partial charge in [0, 0.05) is 24.8 Å². The van der Waals surface area contributed by atoms with Gasteiger partial charge in [-0.3, -0.25) is 0 Å². The van der Waals surface area contributed by atoms with Gasteiger partial charge < -0.3 is 4.57 Å². The highest BCUT2D eigenvalue weighted by Gasteiger charge is 2.11. The zero-order chi connectivity index (χ0) is 17.0. The fourth-order valence-electron chi connectivity index (χ4n) is 2.66. The second-order valence-electron chi connectivity index (χ2n) is 5.70. The third-order valence-corrected chi connectivity index (χ3v) is 5.21. The summed E-state index contributed by atoms with van der Waals surface area (Å²) in [6.45, 7) is 1.11. The van der Waals surface area contributed by atoms with Gasteiger partial charge in [0.1, 0.15) is 5.82 Å². The Morgan fingerprint density at radius 3 is 2.54 bits per heavy atom. The van der Waals surface area contributed by atoms with Crippen molar-refractivity contribution in [1.29, 1.82) is 0 Å². The summed E-state index contributed by atoms with van der Waals surface area (Å²) in [7, 11) is -3.41. The van der Waals surface area contributed by atoms with E-state index in [-0.39, 0.29) is 11.6 Å². The van der Waals surface area contributed by atoms with Gasteiger partial charge in [-0.25, -0.2) is 17.5 Å². The lowest BCUT2D eigenvalue weighted by molar-refractivity contribution is 0.571. The molecule has 0 amide bonds. The summed E-state index contributed by atoms with van der Waals surface area (Å²) in [5.41, 5.74) is 1.71. The molecule has 6 heteroatoms. The molecule has 1 N–H and O–H groups in total. The van der Waals surface area contributed by atoms with Gasteiger partial charge in [-0.15, -0.1) is 0 Å². The highest BCUT2D eigenvalue weighted by Crippen LogP contribution is 2.15. The molecule has 0 unspecified atom stereocenters. The maximum Gasteiger partial charge on any atom is 0.215 e. The van der Waals surface area contributed by atoms with Crippen molar-refractivity contribution >= 4 is 20.9 Å². The fraction of sp³-hybridized carbons (Fsp3) is 0.222. The number of halogens is 1. The molecule has 24 heavy (non-hydrogen) atoms. The number of para-hydroxylation sites is 1. The first-order chi connectivity index (χ1) is 11.5. The predicted octanol–water partition coefficient (Wildman–Crippen LogP) is 3.29. The van der Waals surface area contributed by atoms with E-state index in [4.69, 9.17) is 0 Å². The molecular weight excluding hydrogens is 327 g/mol. The Labute approximate surface area is 141 Å². The quantitative estimate of drug-likeness (QED) is 0.668. The van der Waals surface area contributed by atoms with Crippen LogP contribution in [0.15, 0.2) is 60.8 Å². The van der Waals surface area contributed by atoms with Gasteiger partial charge in [0.2, 0.25) is 10.0 Å². The summed E-state index contributed by atoms with van der Waals surface area (Å²) in [6, 6.07) is 15.6. The maximum atomic E-state index is 12.8. The van der Waals surface area contributed by atoms with Gasteiger partial charge in [0.05, 0.1) is 5.75 Å². The third-order valence-electron chi connectivity index (χ3n) is 3.85. The molecule has 0 aliphatic rings. The molecule has 0 saturated carbocycles. The number of sulfonamides is 1. The lowest BCUT2D eigenvalue weighted by Crippen LogP contribution is -2.26. The summed E-state index contributed by atoms with van der Waals surface area (Å²) in [5, 5.41) is 1.18. The SMILES string of the molecule is O=S(=O)(Cc1ccc(F)cc1)NCCCn1ccc2ccccc21. The van der Waals surface area contributed by atoms with Crippen LogP contribution in [0, 0.1) is 5.82 Å². The number of hydrogen-bond donors (Lipinski definition) is 1. The number of hydrogen-bond acceptors (Lipinski definition) is 2. The maximum absolute atomic E-state index is 12.8. The molecule has 0 spiro atoms. The van der Waals surface area contributed by atoms with Crippen LogP contribution in [-0.4, -0.2) is 19.5 Å². The van der Waals surface area contributed by atoms with Crippen molar-refractivity contribution in [3.05, 3.63) is 72.2 Å². The van der Waals surface area contributed by atoms with E-state index in [0.717, 1.165) is 12.1 Å². The predicted molar refractivity (Wildman–Crippen MR) is 93.6 cm³/mol. The lowest BCUT2D eigenvalue weighted by Gasteiger charge is -2.08. The van der Waals surface area contributed by atoms with E-state index in [9.17, 15) is 12.8 Å². The summed E-state index contributed by atoms with van der Waals surface area (Å²) >= 11 is 0. The topological polar surface area (TPSA) is 51.1 Å². The van der Waals surface area contributed by atoms with Gasteiger partial charge in [0.15, 0.2) is 0 Å². The minimum Gasteiger partial charge on any atom is -0.347 e. The van der Waals surface area contributed by atoms with Crippen molar-refractivity contribution in [2.45, 2.75) is 18.7 Å².